The number of rotatable bonds is 80. The fourth-order valence-electron chi connectivity index (χ4n) is 12.4. The minimum absolute atomic E-state index is 0.108. The number of hydrogen-bond acceptors (Lipinski definition) is 15. The number of esters is 4. The molecule has 19 heteroatoms. The molecule has 0 amide bonds. The van der Waals surface area contributed by atoms with Crippen molar-refractivity contribution < 1.29 is 80.2 Å². The van der Waals surface area contributed by atoms with Gasteiger partial charge in [-0.25, -0.2) is 9.13 Å². The second-order valence-electron chi connectivity index (χ2n) is 29.3. The Balaban J connectivity index is 5.24. The van der Waals surface area contributed by atoms with Crippen LogP contribution in [0.4, 0.5) is 0 Å². The van der Waals surface area contributed by atoms with Gasteiger partial charge in [-0.2, -0.15) is 0 Å². The molecule has 0 rings (SSSR count). The molecule has 0 fully saturated rings. The number of aliphatic hydroxyl groups excluding tert-OH is 1. The third-order valence-electron chi connectivity index (χ3n) is 18.8. The maximum absolute atomic E-state index is 13.1. The van der Waals surface area contributed by atoms with Crippen LogP contribution >= 0.6 is 15.6 Å². The smallest absolute Gasteiger partial charge is 0.462 e. The Kier molecular flexibility index (Phi) is 71.6. The molecule has 588 valence electrons. The first-order chi connectivity index (χ1) is 48.0. The summed E-state index contributed by atoms with van der Waals surface area (Å²) in [6, 6.07) is 0. The van der Waals surface area contributed by atoms with E-state index in [1.54, 1.807) is 0 Å². The second kappa shape index (κ2) is 73.0. The van der Waals surface area contributed by atoms with Crippen LogP contribution in [0.2, 0.25) is 0 Å². The summed E-state index contributed by atoms with van der Waals surface area (Å²) < 4.78 is 68.7. The van der Waals surface area contributed by atoms with Crippen molar-refractivity contribution >= 4 is 39.5 Å². The molecule has 0 aliphatic carbocycles. The number of carbonyl (C=O) groups is 4. The van der Waals surface area contributed by atoms with Gasteiger partial charge in [-0.05, 0) is 31.6 Å². The molecule has 0 saturated heterocycles. The van der Waals surface area contributed by atoms with E-state index in [0.29, 0.717) is 25.7 Å². The second-order valence-corrected chi connectivity index (χ2v) is 32.2. The first-order valence-corrected chi connectivity index (χ1v) is 44.6. The summed E-state index contributed by atoms with van der Waals surface area (Å²) in [4.78, 5) is 73.0. The monoisotopic (exact) mass is 1450 g/mol. The minimum Gasteiger partial charge on any atom is -0.462 e. The van der Waals surface area contributed by atoms with Gasteiger partial charge in [0.2, 0.25) is 0 Å². The van der Waals surface area contributed by atoms with E-state index in [9.17, 15) is 43.2 Å². The van der Waals surface area contributed by atoms with Gasteiger partial charge in [-0.3, -0.25) is 37.3 Å². The van der Waals surface area contributed by atoms with Crippen LogP contribution in [0, 0.1) is 5.92 Å². The van der Waals surface area contributed by atoms with Crippen LogP contribution in [0.5, 0.6) is 0 Å². The lowest BCUT2D eigenvalue weighted by molar-refractivity contribution is -0.161. The van der Waals surface area contributed by atoms with Crippen LogP contribution in [0.15, 0.2) is 0 Å². The minimum atomic E-state index is -4.96. The van der Waals surface area contributed by atoms with Gasteiger partial charge in [0.25, 0.3) is 0 Å². The van der Waals surface area contributed by atoms with E-state index in [0.717, 1.165) is 95.8 Å². The zero-order valence-electron chi connectivity index (χ0n) is 64.6. The zero-order chi connectivity index (χ0) is 72.7. The number of carbonyl (C=O) groups excluding carboxylic acids is 4. The summed E-state index contributed by atoms with van der Waals surface area (Å²) in [7, 11) is -9.92. The maximum atomic E-state index is 13.1. The lowest BCUT2D eigenvalue weighted by Gasteiger charge is -2.21. The van der Waals surface area contributed by atoms with Crippen LogP contribution in [-0.2, 0) is 65.4 Å². The van der Waals surface area contributed by atoms with Crippen LogP contribution in [0.1, 0.15) is 426 Å². The van der Waals surface area contributed by atoms with E-state index < -0.39 is 97.5 Å². The number of phosphoric ester groups is 2. The number of aliphatic hydroxyl groups is 1. The van der Waals surface area contributed by atoms with Crippen LogP contribution in [0.25, 0.3) is 0 Å². The lowest BCUT2D eigenvalue weighted by Crippen LogP contribution is -2.30. The molecule has 17 nitrogen and oxygen atoms in total. The number of unbranched alkanes of at least 4 members (excludes halogenated alkanes) is 52. The molecule has 0 aromatic rings. The van der Waals surface area contributed by atoms with Crippen molar-refractivity contribution in [1.29, 1.82) is 0 Å². The van der Waals surface area contributed by atoms with Gasteiger partial charge in [0, 0.05) is 25.7 Å². The van der Waals surface area contributed by atoms with Gasteiger partial charge in [-0.15, -0.1) is 0 Å². The molecule has 3 N–H and O–H groups in total. The van der Waals surface area contributed by atoms with Crippen molar-refractivity contribution in [1.82, 2.24) is 0 Å². The first kappa shape index (κ1) is 97.1. The SMILES string of the molecule is CCCCCCCCCCCCCCCCCCCCC(=O)O[C@H](COC(=O)CCCCCCCCCCCCCCCCC(C)C)COP(=O)(O)OC[C@@H](O)COP(=O)(O)OC[C@@H](COC(=O)CCCCCCCCCCCC)OC(=O)CCCCCCCCCCCCCCCC. The summed E-state index contributed by atoms with van der Waals surface area (Å²) in [5, 5.41) is 10.6. The predicted octanol–water partition coefficient (Wildman–Crippen LogP) is 24.0. The quantitative estimate of drug-likeness (QED) is 0.0222. The Labute approximate surface area is 607 Å². The highest BCUT2D eigenvalue weighted by Gasteiger charge is 2.30. The van der Waals surface area contributed by atoms with E-state index >= 15 is 0 Å². The van der Waals surface area contributed by atoms with Gasteiger partial charge >= 0.3 is 39.5 Å². The molecule has 0 spiro atoms. The molecular formula is C80H156O17P2. The number of hydrogen-bond donors (Lipinski definition) is 3. The molecule has 0 aliphatic heterocycles. The van der Waals surface area contributed by atoms with Gasteiger partial charge in [-0.1, -0.05) is 375 Å². The average molecular weight is 1450 g/mol. The fourth-order valence-corrected chi connectivity index (χ4v) is 14.0. The molecule has 0 heterocycles. The third-order valence-corrected chi connectivity index (χ3v) is 20.7. The van der Waals surface area contributed by atoms with E-state index in [1.807, 2.05) is 0 Å². The largest absolute Gasteiger partial charge is 0.472 e. The van der Waals surface area contributed by atoms with Crippen LogP contribution < -0.4 is 0 Å². The standard InChI is InChI=1S/C80H156O17P2/c1-6-9-12-15-18-21-24-26-28-29-30-31-37-41-46-51-56-61-66-80(85)97-76(70-91-78(83)64-59-54-49-44-39-36-33-32-34-38-42-47-52-57-62-73(4)5)72-95-99(88,89)93-68-74(81)67-92-98(86,87)94-71-75(69-90-77(82)63-58-53-48-43-23-20-17-14-11-8-3)96-79(84)65-60-55-50-45-40-35-27-25-22-19-16-13-10-7-2/h73-76,81H,6-72H2,1-5H3,(H,86,87)(H,88,89)/t74-,75+,76+/m0/s1. The van der Waals surface area contributed by atoms with Gasteiger partial charge in [0.15, 0.2) is 12.2 Å². The van der Waals surface area contributed by atoms with Crippen LogP contribution in [-0.4, -0.2) is 96.7 Å². The van der Waals surface area contributed by atoms with E-state index in [-0.39, 0.29) is 25.7 Å². The highest BCUT2D eigenvalue weighted by Crippen LogP contribution is 2.45. The summed E-state index contributed by atoms with van der Waals surface area (Å²) >= 11 is 0. The molecule has 0 aromatic heterocycles. The molecule has 0 radical (unpaired) electrons. The molecule has 0 saturated carbocycles. The van der Waals surface area contributed by atoms with Crippen molar-refractivity contribution in [2.24, 2.45) is 5.92 Å². The summed E-state index contributed by atoms with van der Waals surface area (Å²) in [5.74, 6) is -1.31. The van der Waals surface area contributed by atoms with Crippen molar-refractivity contribution in [3.63, 3.8) is 0 Å². The lowest BCUT2D eigenvalue weighted by atomic mass is 10.0. The fraction of sp³-hybridized carbons (Fsp3) is 0.950. The van der Waals surface area contributed by atoms with Crippen molar-refractivity contribution in [3.05, 3.63) is 0 Å². The molecular weight excluding hydrogens is 1290 g/mol. The molecule has 0 aliphatic rings. The average Bonchev–Trinajstić information content (AvgIpc) is 1.01. The Bertz CT molecular complexity index is 1890. The highest BCUT2D eigenvalue weighted by molar-refractivity contribution is 7.47. The summed E-state index contributed by atoms with van der Waals surface area (Å²) in [6.45, 7) is 7.35. The first-order valence-electron chi connectivity index (χ1n) is 41.6. The molecule has 0 bridgehead atoms. The zero-order valence-corrected chi connectivity index (χ0v) is 66.4. The van der Waals surface area contributed by atoms with Crippen LogP contribution in [0.3, 0.4) is 0 Å². The van der Waals surface area contributed by atoms with Crippen molar-refractivity contribution in [2.75, 3.05) is 39.6 Å². The Morgan fingerprint density at radius 1 is 0.273 bits per heavy atom. The Morgan fingerprint density at radius 2 is 0.465 bits per heavy atom. The van der Waals surface area contributed by atoms with E-state index in [4.69, 9.17) is 37.0 Å². The maximum Gasteiger partial charge on any atom is 0.472 e. The molecule has 99 heavy (non-hydrogen) atoms. The Hall–Kier alpha value is -1.94. The summed E-state index contributed by atoms with van der Waals surface area (Å²) in [6.07, 6.45) is 63.7. The van der Waals surface area contributed by atoms with Gasteiger partial charge in [0.1, 0.15) is 19.3 Å². The molecule has 0 aromatic carbocycles. The van der Waals surface area contributed by atoms with E-state index in [2.05, 4.69) is 34.6 Å². The summed E-state index contributed by atoms with van der Waals surface area (Å²) in [5.41, 5.74) is 0. The molecule has 5 atom stereocenters. The third kappa shape index (κ3) is 74.1. The molecule has 2 unspecified atom stereocenters. The topological polar surface area (TPSA) is 237 Å². The number of phosphoric acid groups is 2. The van der Waals surface area contributed by atoms with Gasteiger partial charge < -0.3 is 33.8 Å². The number of ether oxygens (including phenoxy) is 4. The normalized spacial score (nSPS) is 13.9. The predicted molar refractivity (Wildman–Crippen MR) is 405 cm³/mol. The van der Waals surface area contributed by atoms with Crippen molar-refractivity contribution in [3.8, 4) is 0 Å². The van der Waals surface area contributed by atoms with Gasteiger partial charge in [0.05, 0.1) is 26.4 Å². The highest BCUT2D eigenvalue weighted by atomic mass is 31.2. The van der Waals surface area contributed by atoms with Crippen molar-refractivity contribution in [2.45, 2.75) is 445 Å². The van der Waals surface area contributed by atoms with E-state index in [1.165, 1.54) is 250 Å². The Morgan fingerprint density at radius 3 is 0.687 bits per heavy atom.